The SMILES string of the molecule is CCC(NC)C(C)N1CCCC1(C)C. The average Bonchev–Trinajstić information content (AvgIpc) is 2.47. The summed E-state index contributed by atoms with van der Waals surface area (Å²) >= 11 is 0. The van der Waals surface area contributed by atoms with Crippen LogP contribution in [0.5, 0.6) is 0 Å². The molecule has 0 aromatic heterocycles. The number of hydrogen-bond donors (Lipinski definition) is 1. The third-order valence-corrected chi connectivity index (χ3v) is 3.85. The summed E-state index contributed by atoms with van der Waals surface area (Å²) in [5.74, 6) is 0. The van der Waals surface area contributed by atoms with Crippen molar-refractivity contribution in [3.63, 3.8) is 0 Å². The van der Waals surface area contributed by atoms with E-state index in [-0.39, 0.29) is 0 Å². The molecule has 0 aromatic rings. The van der Waals surface area contributed by atoms with Crippen LogP contribution in [-0.2, 0) is 0 Å². The average molecular weight is 198 g/mol. The van der Waals surface area contributed by atoms with E-state index in [2.05, 4.69) is 45.0 Å². The molecule has 2 nitrogen and oxygen atoms in total. The summed E-state index contributed by atoms with van der Waals surface area (Å²) in [5, 5.41) is 3.42. The van der Waals surface area contributed by atoms with Crippen LogP contribution in [0.15, 0.2) is 0 Å². The molecule has 0 bridgehead atoms. The summed E-state index contributed by atoms with van der Waals surface area (Å²) < 4.78 is 0. The number of rotatable bonds is 4. The molecule has 1 aliphatic heterocycles. The molecule has 0 spiro atoms. The quantitative estimate of drug-likeness (QED) is 0.745. The predicted molar refractivity (Wildman–Crippen MR) is 62.6 cm³/mol. The highest BCUT2D eigenvalue weighted by Gasteiger charge is 2.36. The Bertz CT molecular complexity index is 173. The normalized spacial score (nSPS) is 26.4. The third-order valence-electron chi connectivity index (χ3n) is 3.85. The smallest absolute Gasteiger partial charge is 0.0226 e. The number of likely N-dealkylation sites (tertiary alicyclic amines) is 1. The molecular formula is C12H26N2. The van der Waals surface area contributed by atoms with E-state index >= 15 is 0 Å². The van der Waals surface area contributed by atoms with E-state index in [1.807, 2.05) is 0 Å². The monoisotopic (exact) mass is 198 g/mol. The van der Waals surface area contributed by atoms with Gasteiger partial charge in [-0.2, -0.15) is 0 Å². The van der Waals surface area contributed by atoms with E-state index in [9.17, 15) is 0 Å². The van der Waals surface area contributed by atoms with Crippen molar-refractivity contribution < 1.29 is 0 Å². The van der Waals surface area contributed by atoms with Gasteiger partial charge < -0.3 is 5.32 Å². The van der Waals surface area contributed by atoms with Crippen LogP contribution in [0.1, 0.15) is 47.0 Å². The van der Waals surface area contributed by atoms with Crippen LogP contribution < -0.4 is 5.32 Å². The van der Waals surface area contributed by atoms with Crippen LogP contribution in [0.25, 0.3) is 0 Å². The van der Waals surface area contributed by atoms with Gasteiger partial charge in [0.05, 0.1) is 0 Å². The lowest BCUT2D eigenvalue weighted by atomic mass is 9.97. The topological polar surface area (TPSA) is 15.3 Å². The Morgan fingerprint density at radius 3 is 2.43 bits per heavy atom. The molecule has 84 valence electrons. The van der Waals surface area contributed by atoms with Gasteiger partial charge in [-0.1, -0.05) is 6.92 Å². The molecule has 1 saturated heterocycles. The molecule has 1 N–H and O–H groups in total. The van der Waals surface area contributed by atoms with E-state index in [0.717, 1.165) is 0 Å². The van der Waals surface area contributed by atoms with E-state index in [4.69, 9.17) is 0 Å². The molecule has 0 aromatic carbocycles. The fourth-order valence-corrected chi connectivity index (χ4v) is 2.89. The zero-order valence-electron chi connectivity index (χ0n) is 10.4. The Hall–Kier alpha value is -0.0800. The standard InChI is InChI=1S/C12H26N2/c1-6-11(13-5)10(2)14-9-7-8-12(14,3)4/h10-11,13H,6-9H2,1-5H3. The van der Waals surface area contributed by atoms with Crippen LogP contribution in [0.3, 0.4) is 0 Å². The molecule has 2 unspecified atom stereocenters. The van der Waals surface area contributed by atoms with Gasteiger partial charge in [-0.3, -0.25) is 4.90 Å². The zero-order chi connectivity index (χ0) is 10.8. The summed E-state index contributed by atoms with van der Waals surface area (Å²) in [4.78, 5) is 2.66. The molecule has 0 radical (unpaired) electrons. The molecule has 1 rings (SSSR count). The molecule has 1 fully saturated rings. The molecular weight excluding hydrogens is 172 g/mol. The second-order valence-electron chi connectivity index (χ2n) is 5.15. The molecule has 0 aliphatic carbocycles. The minimum Gasteiger partial charge on any atom is -0.315 e. The first-order valence-corrected chi connectivity index (χ1v) is 5.97. The van der Waals surface area contributed by atoms with Crippen LogP contribution in [0.4, 0.5) is 0 Å². The van der Waals surface area contributed by atoms with Gasteiger partial charge in [0.25, 0.3) is 0 Å². The van der Waals surface area contributed by atoms with Gasteiger partial charge in [0.2, 0.25) is 0 Å². The highest BCUT2D eigenvalue weighted by Crippen LogP contribution is 2.31. The van der Waals surface area contributed by atoms with Crippen molar-refractivity contribution in [3.8, 4) is 0 Å². The maximum absolute atomic E-state index is 3.42. The number of nitrogens with zero attached hydrogens (tertiary/aromatic N) is 1. The van der Waals surface area contributed by atoms with Crippen molar-refractivity contribution in [1.29, 1.82) is 0 Å². The molecule has 0 amide bonds. The molecule has 1 heterocycles. The highest BCUT2D eigenvalue weighted by atomic mass is 15.3. The second kappa shape index (κ2) is 4.63. The van der Waals surface area contributed by atoms with Crippen molar-refractivity contribution in [3.05, 3.63) is 0 Å². The van der Waals surface area contributed by atoms with Gasteiger partial charge in [0.1, 0.15) is 0 Å². The first-order valence-electron chi connectivity index (χ1n) is 5.97. The van der Waals surface area contributed by atoms with Gasteiger partial charge in [0.15, 0.2) is 0 Å². The maximum Gasteiger partial charge on any atom is 0.0226 e. The minimum atomic E-state index is 0.406. The summed E-state index contributed by atoms with van der Waals surface area (Å²) in [7, 11) is 2.08. The van der Waals surface area contributed by atoms with Crippen LogP contribution in [0.2, 0.25) is 0 Å². The van der Waals surface area contributed by atoms with Crippen LogP contribution in [0, 0.1) is 0 Å². The van der Waals surface area contributed by atoms with Gasteiger partial charge in [0, 0.05) is 17.6 Å². The van der Waals surface area contributed by atoms with E-state index in [0.29, 0.717) is 17.6 Å². The fraction of sp³-hybridized carbons (Fsp3) is 1.00. The van der Waals surface area contributed by atoms with E-state index < -0.39 is 0 Å². The fourth-order valence-electron chi connectivity index (χ4n) is 2.89. The molecule has 1 aliphatic rings. The lowest BCUT2D eigenvalue weighted by Crippen LogP contribution is -2.52. The van der Waals surface area contributed by atoms with E-state index in [1.54, 1.807) is 0 Å². The van der Waals surface area contributed by atoms with Crippen molar-refractivity contribution in [1.82, 2.24) is 10.2 Å². The van der Waals surface area contributed by atoms with Crippen molar-refractivity contribution in [2.24, 2.45) is 0 Å². The molecule has 14 heavy (non-hydrogen) atoms. The number of nitrogens with one attached hydrogen (secondary N) is 1. The molecule has 0 saturated carbocycles. The highest BCUT2D eigenvalue weighted by molar-refractivity contribution is 4.93. The van der Waals surface area contributed by atoms with Crippen molar-refractivity contribution in [2.75, 3.05) is 13.6 Å². The Labute approximate surface area is 89.1 Å². The summed E-state index contributed by atoms with van der Waals surface area (Å²) in [6.07, 6.45) is 3.92. The van der Waals surface area contributed by atoms with Gasteiger partial charge >= 0.3 is 0 Å². The third kappa shape index (κ3) is 2.29. The molecule has 2 heteroatoms. The summed E-state index contributed by atoms with van der Waals surface area (Å²) in [6, 6.07) is 1.29. The Kier molecular flexibility index (Phi) is 3.96. The van der Waals surface area contributed by atoms with Gasteiger partial charge in [-0.15, -0.1) is 0 Å². The Morgan fingerprint density at radius 1 is 1.43 bits per heavy atom. The molecule has 2 atom stereocenters. The first-order chi connectivity index (χ1) is 6.53. The minimum absolute atomic E-state index is 0.406. The van der Waals surface area contributed by atoms with E-state index in [1.165, 1.54) is 25.8 Å². The second-order valence-corrected chi connectivity index (χ2v) is 5.15. The number of likely N-dealkylation sites (N-methyl/N-ethyl adjacent to an activating group) is 1. The largest absolute Gasteiger partial charge is 0.315 e. The Morgan fingerprint density at radius 2 is 2.07 bits per heavy atom. The van der Waals surface area contributed by atoms with Crippen LogP contribution >= 0.6 is 0 Å². The van der Waals surface area contributed by atoms with Gasteiger partial charge in [-0.05, 0) is 53.6 Å². The maximum atomic E-state index is 3.42. The summed E-state index contributed by atoms with van der Waals surface area (Å²) in [5.41, 5.74) is 0.406. The number of hydrogen-bond acceptors (Lipinski definition) is 2. The first kappa shape index (κ1) is 12.0. The van der Waals surface area contributed by atoms with Crippen molar-refractivity contribution in [2.45, 2.75) is 64.6 Å². The van der Waals surface area contributed by atoms with Crippen LogP contribution in [-0.4, -0.2) is 36.1 Å². The lowest BCUT2D eigenvalue weighted by Gasteiger charge is -2.40. The van der Waals surface area contributed by atoms with Crippen molar-refractivity contribution >= 4 is 0 Å². The van der Waals surface area contributed by atoms with Gasteiger partial charge in [-0.25, -0.2) is 0 Å². The lowest BCUT2D eigenvalue weighted by molar-refractivity contribution is 0.0998. The zero-order valence-corrected chi connectivity index (χ0v) is 10.4. The predicted octanol–water partition coefficient (Wildman–Crippen LogP) is 2.25. The Balaban J connectivity index is 2.63. The summed E-state index contributed by atoms with van der Waals surface area (Å²) in [6.45, 7) is 10.6.